The summed E-state index contributed by atoms with van der Waals surface area (Å²) >= 11 is 13.1. The third kappa shape index (κ3) is 2.28. The molecule has 0 spiro atoms. The first-order chi connectivity index (χ1) is 7.22. The van der Waals surface area contributed by atoms with Gasteiger partial charge in [0.25, 0.3) is 0 Å². The summed E-state index contributed by atoms with van der Waals surface area (Å²) < 4.78 is 5.90. The zero-order valence-electron chi connectivity index (χ0n) is 7.78. The van der Waals surface area contributed by atoms with Gasteiger partial charge in [-0.3, -0.25) is 4.79 Å². The summed E-state index contributed by atoms with van der Waals surface area (Å²) in [7, 11) is 0. The highest BCUT2D eigenvalue weighted by Gasteiger charge is 2.25. The lowest BCUT2D eigenvalue weighted by molar-refractivity contribution is -0.126. The van der Waals surface area contributed by atoms with Crippen LogP contribution in [0, 0.1) is 0 Å². The van der Waals surface area contributed by atoms with E-state index in [4.69, 9.17) is 27.9 Å². The van der Waals surface area contributed by atoms with Crippen molar-refractivity contribution in [3.05, 3.63) is 20.3 Å². The predicted octanol–water partition coefficient (Wildman–Crippen LogP) is 2.58. The Morgan fingerprint density at radius 3 is 3.00 bits per heavy atom. The fraction of sp³-hybridized carbons (Fsp3) is 0.444. The number of halogens is 2. The van der Waals surface area contributed by atoms with E-state index in [0.717, 1.165) is 11.3 Å². The summed E-state index contributed by atoms with van der Waals surface area (Å²) in [6.45, 7) is 1.70. The van der Waals surface area contributed by atoms with E-state index in [9.17, 15) is 4.79 Å². The number of hydrogen-bond donors (Lipinski definition) is 0. The highest BCUT2D eigenvalue weighted by atomic mass is 35.5. The topological polar surface area (TPSA) is 29.5 Å². The van der Waals surface area contributed by atoms with Crippen molar-refractivity contribution in [3.63, 3.8) is 0 Å². The van der Waals surface area contributed by atoms with Crippen molar-refractivity contribution in [1.29, 1.82) is 0 Å². The molecule has 0 aromatic carbocycles. The molecule has 1 fully saturated rings. The van der Waals surface area contributed by atoms with Gasteiger partial charge in [0.2, 0.25) is 6.41 Å². The molecular weight excluding hydrogens is 257 g/mol. The number of ether oxygens (including phenoxy) is 1. The van der Waals surface area contributed by atoms with Gasteiger partial charge in [-0.1, -0.05) is 23.2 Å². The number of morpholine rings is 1. The summed E-state index contributed by atoms with van der Waals surface area (Å²) in [5.74, 6) is 0. The van der Waals surface area contributed by atoms with Gasteiger partial charge < -0.3 is 9.64 Å². The quantitative estimate of drug-likeness (QED) is 0.770. The molecule has 1 saturated heterocycles. The van der Waals surface area contributed by atoms with Gasteiger partial charge in [0.05, 0.1) is 24.3 Å². The number of nitrogens with zero attached hydrogens (tertiary/aromatic N) is 1. The Morgan fingerprint density at radius 1 is 1.60 bits per heavy atom. The summed E-state index contributed by atoms with van der Waals surface area (Å²) in [6.07, 6.45) is 0.842. The van der Waals surface area contributed by atoms with E-state index < -0.39 is 0 Å². The number of amides is 1. The molecular formula is C9H9Cl2NO2S. The van der Waals surface area contributed by atoms with E-state index >= 15 is 0 Å². The normalized spacial score (nSPS) is 21.7. The van der Waals surface area contributed by atoms with Gasteiger partial charge in [-0.25, -0.2) is 0 Å². The lowest BCUT2D eigenvalue weighted by atomic mass is 10.2. The second-order valence-corrected chi connectivity index (χ2v) is 5.30. The second kappa shape index (κ2) is 4.70. The SMILES string of the molecule is O=CN1CCOC[C@@H]1c1cc(Cl)c(Cl)s1. The van der Waals surface area contributed by atoms with Crippen molar-refractivity contribution < 1.29 is 9.53 Å². The maximum absolute atomic E-state index is 10.8. The van der Waals surface area contributed by atoms with Crippen LogP contribution in [0.3, 0.4) is 0 Å². The highest BCUT2D eigenvalue weighted by Crippen LogP contribution is 2.37. The molecule has 0 bridgehead atoms. The van der Waals surface area contributed by atoms with Gasteiger partial charge in [0.15, 0.2) is 0 Å². The minimum Gasteiger partial charge on any atom is -0.377 e. The highest BCUT2D eigenvalue weighted by molar-refractivity contribution is 7.17. The number of rotatable bonds is 2. The Labute approximate surface area is 102 Å². The Bertz CT molecular complexity index is 349. The van der Waals surface area contributed by atoms with Gasteiger partial charge in [-0.2, -0.15) is 0 Å². The van der Waals surface area contributed by atoms with Crippen molar-refractivity contribution in [2.24, 2.45) is 0 Å². The number of thiophene rings is 1. The van der Waals surface area contributed by atoms with E-state index in [2.05, 4.69) is 0 Å². The Balaban J connectivity index is 2.23. The maximum Gasteiger partial charge on any atom is 0.210 e. The number of carbonyl (C=O) groups is 1. The maximum atomic E-state index is 10.8. The van der Waals surface area contributed by atoms with E-state index in [-0.39, 0.29) is 6.04 Å². The first kappa shape index (κ1) is 11.2. The van der Waals surface area contributed by atoms with Crippen LogP contribution in [0.1, 0.15) is 10.9 Å². The van der Waals surface area contributed by atoms with E-state index in [1.807, 2.05) is 0 Å². The van der Waals surface area contributed by atoms with Gasteiger partial charge in [0, 0.05) is 11.4 Å². The molecule has 0 N–H and O–H groups in total. The summed E-state index contributed by atoms with van der Waals surface area (Å²) in [4.78, 5) is 13.5. The molecule has 0 aliphatic carbocycles. The van der Waals surface area contributed by atoms with Gasteiger partial charge >= 0.3 is 0 Å². The molecule has 3 nitrogen and oxygen atoms in total. The predicted molar refractivity (Wildman–Crippen MR) is 60.7 cm³/mol. The molecule has 15 heavy (non-hydrogen) atoms. The molecule has 1 atom stereocenters. The lowest BCUT2D eigenvalue weighted by Crippen LogP contribution is -2.38. The summed E-state index contributed by atoms with van der Waals surface area (Å²) in [5, 5.41) is 0.535. The van der Waals surface area contributed by atoms with Crippen LogP contribution in [0.25, 0.3) is 0 Å². The molecule has 1 aliphatic heterocycles. The molecule has 1 aromatic heterocycles. The van der Waals surface area contributed by atoms with Gasteiger partial charge in [-0.05, 0) is 6.07 Å². The minimum absolute atomic E-state index is 0.0498. The van der Waals surface area contributed by atoms with Crippen LogP contribution < -0.4 is 0 Å². The average Bonchev–Trinajstić information content (AvgIpc) is 2.59. The molecule has 6 heteroatoms. The Hall–Kier alpha value is -0.290. The van der Waals surface area contributed by atoms with Crippen LogP contribution in [-0.4, -0.2) is 31.1 Å². The molecule has 1 aromatic rings. The van der Waals surface area contributed by atoms with E-state index in [0.29, 0.717) is 29.1 Å². The monoisotopic (exact) mass is 265 g/mol. The molecule has 2 rings (SSSR count). The first-order valence-electron chi connectivity index (χ1n) is 4.46. The molecule has 2 heterocycles. The largest absolute Gasteiger partial charge is 0.377 e. The molecule has 0 unspecified atom stereocenters. The molecule has 82 valence electrons. The molecule has 1 amide bonds. The van der Waals surface area contributed by atoms with Crippen molar-refractivity contribution >= 4 is 40.9 Å². The van der Waals surface area contributed by atoms with Crippen molar-refractivity contribution in [2.45, 2.75) is 6.04 Å². The molecule has 1 aliphatic rings. The van der Waals surface area contributed by atoms with Crippen LogP contribution >= 0.6 is 34.5 Å². The zero-order valence-corrected chi connectivity index (χ0v) is 10.1. The average molecular weight is 266 g/mol. The number of hydrogen-bond acceptors (Lipinski definition) is 3. The van der Waals surface area contributed by atoms with Gasteiger partial charge in [-0.15, -0.1) is 11.3 Å². The fourth-order valence-corrected chi connectivity index (χ4v) is 3.02. The standard InChI is InChI=1S/C9H9Cl2NO2S/c10-6-3-8(15-9(6)11)7-4-14-2-1-12(7)5-13/h3,5,7H,1-2,4H2/t7-/m1/s1. The van der Waals surface area contributed by atoms with Crippen molar-refractivity contribution in [2.75, 3.05) is 19.8 Å². The fourth-order valence-electron chi connectivity index (χ4n) is 1.52. The van der Waals surface area contributed by atoms with Gasteiger partial charge in [0.1, 0.15) is 4.34 Å². The van der Waals surface area contributed by atoms with Crippen LogP contribution in [0.15, 0.2) is 6.07 Å². The second-order valence-electron chi connectivity index (χ2n) is 3.20. The smallest absolute Gasteiger partial charge is 0.210 e. The molecule has 0 saturated carbocycles. The first-order valence-corrected chi connectivity index (χ1v) is 6.03. The zero-order chi connectivity index (χ0) is 10.8. The third-order valence-corrected chi connectivity index (χ3v) is 4.26. The van der Waals surface area contributed by atoms with Crippen LogP contribution in [0.2, 0.25) is 9.36 Å². The van der Waals surface area contributed by atoms with Crippen molar-refractivity contribution in [1.82, 2.24) is 4.90 Å². The summed E-state index contributed by atoms with van der Waals surface area (Å²) in [5.41, 5.74) is 0. The number of carbonyl (C=O) groups excluding carboxylic acids is 1. The molecule has 0 radical (unpaired) electrons. The van der Waals surface area contributed by atoms with Crippen LogP contribution in [0.5, 0.6) is 0 Å². The Morgan fingerprint density at radius 2 is 2.40 bits per heavy atom. The third-order valence-electron chi connectivity index (χ3n) is 2.30. The van der Waals surface area contributed by atoms with Crippen LogP contribution in [0.4, 0.5) is 0 Å². The summed E-state index contributed by atoms with van der Waals surface area (Å²) in [6, 6.07) is 1.75. The Kier molecular flexibility index (Phi) is 3.51. The van der Waals surface area contributed by atoms with Crippen LogP contribution in [-0.2, 0) is 9.53 Å². The lowest BCUT2D eigenvalue weighted by Gasteiger charge is -2.31. The van der Waals surface area contributed by atoms with Crippen molar-refractivity contribution in [3.8, 4) is 0 Å². The van der Waals surface area contributed by atoms with E-state index in [1.165, 1.54) is 11.3 Å². The van der Waals surface area contributed by atoms with E-state index in [1.54, 1.807) is 11.0 Å². The minimum atomic E-state index is -0.0498.